The van der Waals surface area contributed by atoms with E-state index >= 15 is 0 Å². The molecule has 0 amide bonds. The van der Waals surface area contributed by atoms with Gasteiger partial charge in [0.05, 0.1) is 0 Å². The maximum atomic E-state index is 9.04. The van der Waals surface area contributed by atoms with Crippen molar-refractivity contribution in [3.05, 3.63) is 29.8 Å². The van der Waals surface area contributed by atoms with Crippen LogP contribution in [0.4, 0.5) is 5.69 Å². The van der Waals surface area contributed by atoms with Crippen molar-refractivity contribution in [1.82, 2.24) is 5.32 Å². The Kier molecular flexibility index (Phi) is 4.02. The van der Waals surface area contributed by atoms with Crippen LogP contribution in [0, 0.1) is 6.92 Å². The second-order valence-corrected chi connectivity index (χ2v) is 5.02. The van der Waals surface area contributed by atoms with Crippen LogP contribution >= 0.6 is 0 Å². The molecule has 1 aromatic rings. The highest BCUT2D eigenvalue weighted by Gasteiger charge is 2.23. The largest absolute Gasteiger partial charge is 0.396 e. The highest BCUT2D eigenvalue weighted by Crippen LogP contribution is 2.19. The first-order chi connectivity index (χ1) is 8.19. The Bertz CT molecular complexity index is 350. The minimum atomic E-state index is 0.256. The zero-order valence-corrected chi connectivity index (χ0v) is 10.7. The van der Waals surface area contributed by atoms with Gasteiger partial charge in [0.15, 0.2) is 0 Å². The molecule has 0 bridgehead atoms. The van der Waals surface area contributed by atoms with E-state index < -0.39 is 0 Å². The molecule has 3 nitrogen and oxygen atoms in total. The van der Waals surface area contributed by atoms with Crippen LogP contribution in [-0.2, 0) is 0 Å². The molecule has 1 saturated heterocycles. The van der Waals surface area contributed by atoms with Crippen LogP contribution in [0.25, 0.3) is 0 Å². The standard InChI is InChI=1S/C14H22N2O/c1-11-3-5-14(6-4-11)16-9-12(2)15-13(10-16)7-8-17/h3-6,12-13,15,17H,7-10H2,1-2H3. The molecule has 1 aliphatic heterocycles. The molecule has 17 heavy (non-hydrogen) atoms. The lowest BCUT2D eigenvalue weighted by molar-refractivity contribution is 0.250. The zero-order chi connectivity index (χ0) is 12.3. The van der Waals surface area contributed by atoms with Crippen LogP contribution in [-0.4, -0.2) is 36.9 Å². The van der Waals surface area contributed by atoms with Crippen LogP contribution < -0.4 is 10.2 Å². The SMILES string of the molecule is Cc1ccc(N2CC(C)NC(CCO)C2)cc1. The second kappa shape index (κ2) is 5.52. The minimum absolute atomic E-state index is 0.256. The molecule has 1 aliphatic rings. The molecule has 0 aromatic heterocycles. The maximum Gasteiger partial charge on any atom is 0.0446 e. The highest BCUT2D eigenvalue weighted by atomic mass is 16.3. The fourth-order valence-electron chi connectivity index (χ4n) is 2.48. The summed E-state index contributed by atoms with van der Waals surface area (Å²) in [6.07, 6.45) is 0.826. The van der Waals surface area contributed by atoms with Crippen LogP contribution in [0.15, 0.2) is 24.3 Å². The van der Waals surface area contributed by atoms with E-state index in [1.807, 2.05) is 0 Å². The third-order valence-corrected chi connectivity index (χ3v) is 3.33. The lowest BCUT2D eigenvalue weighted by atomic mass is 10.1. The van der Waals surface area contributed by atoms with Gasteiger partial charge in [-0.15, -0.1) is 0 Å². The van der Waals surface area contributed by atoms with E-state index in [1.54, 1.807) is 0 Å². The summed E-state index contributed by atoms with van der Waals surface area (Å²) in [4.78, 5) is 2.40. The highest BCUT2D eigenvalue weighted by molar-refractivity contribution is 5.48. The molecular weight excluding hydrogens is 212 g/mol. The molecule has 0 radical (unpaired) electrons. The molecule has 2 rings (SSSR count). The van der Waals surface area contributed by atoms with Crippen molar-refractivity contribution in [2.75, 3.05) is 24.6 Å². The first-order valence-corrected chi connectivity index (χ1v) is 6.37. The fourth-order valence-corrected chi connectivity index (χ4v) is 2.48. The number of benzene rings is 1. The van der Waals surface area contributed by atoms with Crippen molar-refractivity contribution in [3.8, 4) is 0 Å². The predicted molar refractivity (Wildman–Crippen MR) is 71.5 cm³/mol. The van der Waals surface area contributed by atoms with Gasteiger partial charge in [0.25, 0.3) is 0 Å². The Morgan fingerprint density at radius 2 is 2.00 bits per heavy atom. The van der Waals surface area contributed by atoms with Crippen molar-refractivity contribution in [1.29, 1.82) is 0 Å². The number of anilines is 1. The van der Waals surface area contributed by atoms with E-state index in [2.05, 4.69) is 48.3 Å². The van der Waals surface area contributed by atoms with Gasteiger partial charge in [0.1, 0.15) is 0 Å². The van der Waals surface area contributed by atoms with Crippen molar-refractivity contribution in [3.63, 3.8) is 0 Å². The van der Waals surface area contributed by atoms with Crippen molar-refractivity contribution in [2.45, 2.75) is 32.4 Å². The van der Waals surface area contributed by atoms with Gasteiger partial charge in [-0.3, -0.25) is 0 Å². The average Bonchev–Trinajstić information content (AvgIpc) is 2.29. The summed E-state index contributed by atoms with van der Waals surface area (Å²) in [5.74, 6) is 0. The number of piperazine rings is 1. The van der Waals surface area contributed by atoms with Gasteiger partial charge in [-0.1, -0.05) is 17.7 Å². The average molecular weight is 234 g/mol. The lowest BCUT2D eigenvalue weighted by Gasteiger charge is -2.39. The summed E-state index contributed by atoms with van der Waals surface area (Å²) in [6, 6.07) is 9.55. The second-order valence-electron chi connectivity index (χ2n) is 5.02. The van der Waals surface area contributed by atoms with E-state index in [1.165, 1.54) is 11.3 Å². The summed E-state index contributed by atoms with van der Waals surface area (Å²) in [5, 5.41) is 12.6. The number of aliphatic hydroxyl groups excluding tert-OH is 1. The number of hydrogen-bond donors (Lipinski definition) is 2. The molecule has 2 atom stereocenters. The summed E-state index contributed by atoms with van der Waals surface area (Å²) >= 11 is 0. The zero-order valence-electron chi connectivity index (χ0n) is 10.7. The summed E-state index contributed by atoms with van der Waals surface area (Å²) in [7, 11) is 0. The lowest BCUT2D eigenvalue weighted by Crippen LogP contribution is -2.55. The van der Waals surface area contributed by atoms with Gasteiger partial charge in [0.2, 0.25) is 0 Å². The molecule has 0 saturated carbocycles. The van der Waals surface area contributed by atoms with E-state index in [0.29, 0.717) is 12.1 Å². The van der Waals surface area contributed by atoms with E-state index in [4.69, 9.17) is 5.11 Å². The third-order valence-electron chi connectivity index (χ3n) is 3.33. The van der Waals surface area contributed by atoms with Crippen molar-refractivity contribution in [2.24, 2.45) is 0 Å². The van der Waals surface area contributed by atoms with Gasteiger partial charge in [0, 0.05) is 37.5 Å². The molecule has 1 heterocycles. The minimum Gasteiger partial charge on any atom is -0.396 e. The van der Waals surface area contributed by atoms with Gasteiger partial charge < -0.3 is 15.3 Å². The molecular formula is C14H22N2O. The molecule has 1 aromatic carbocycles. The Balaban J connectivity index is 2.06. The molecule has 2 unspecified atom stereocenters. The van der Waals surface area contributed by atoms with Gasteiger partial charge >= 0.3 is 0 Å². The fraction of sp³-hybridized carbons (Fsp3) is 0.571. The van der Waals surface area contributed by atoms with E-state index in [-0.39, 0.29) is 6.61 Å². The number of nitrogens with zero attached hydrogens (tertiary/aromatic N) is 1. The number of aliphatic hydroxyl groups is 1. The predicted octanol–water partition coefficient (Wildman–Crippen LogP) is 1.54. The quantitative estimate of drug-likeness (QED) is 0.833. The third kappa shape index (κ3) is 3.20. The van der Waals surface area contributed by atoms with Crippen LogP contribution in [0.3, 0.4) is 0 Å². The number of rotatable bonds is 3. The van der Waals surface area contributed by atoms with Crippen LogP contribution in [0.1, 0.15) is 18.9 Å². The molecule has 94 valence electrons. The van der Waals surface area contributed by atoms with Crippen molar-refractivity contribution >= 4 is 5.69 Å². The van der Waals surface area contributed by atoms with Gasteiger partial charge in [-0.05, 0) is 32.4 Å². The van der Waals surface area contributed by atoms with Gasteiger partial charge in [-0.25, -0.2) is 0 Å². The summed E-state index contributed by atoms with van der Waals surface area (Å²) in [5.41, 5.74) is 2.58. The molecule has 2 N–H and O–H groups in total. The monoisotopic (exact) mass is 234 g/mol. The molecule has 1 fully saturated rings. The molecule has 3 heteroatoms. The molecule has 0 spiro atoms. The number of aryl methyl sites for hydroxylation is 1. The smallest absolute Gasteiger partial charge is 0.0446 e. The first-order valence-electron chi connectivity index (χ1n) is 6.37. The van der Waals surface area contributed by atoms with E-state index in [9.17, 15) is 0 Å². The van der Waals surface area contributed by atoms with Crippen LogP contribution in [0.5, 0.6) is 0 Å². The summed E-state index contributed by atoms with van der Waals surface area (Å²) in [6.45, 7) is 6.58. The number of nitrogens with one attached hydrogen (secondary N) is 1. The number of hydrogen-bond acceptors (Lipinski definition) is 3. The summed E-state index contributed by atoms with van der Waals surface area (Å²) < 4.78 is 0. The van der Waals surface area contributed by atoms with E-state index in [0.717, 1.165) is 19.5 Å². The normalized spacial score (nSPS) is 25.0. The Labute approximate surface area is 103 Å². The van der Waals surface area contributed by atoms with Gasteiger partial charge in [-0.2, -0.15) is 0 Å². The van der Waals surface area contributed by atoms with Crippen LogP contribution in [0.2, 0.25) is 0 Å². The first kappa shape index (κ1) is 12.4. The maximum absolute atomic E-state index is 9.04. The molecule has 0 aliphatic carbocycles. The topological polar surface area (TPSA) is 35.5 Å². The Morgan fingerprint density at radius 1 is 1.29 bits per heavy atom. The van der Waals surface area contributed by atoms with Crippen molar-refractivity contribution < 1.29 is 5.11 Å². The Morgan fingerprint density at radius 3 is 2.65 bits per heavy atom. The Hall–Kier alpha value is -1.06.